The van der Waals surface area contributed by atoms with E-state index in [9.17, 15) is 18.3 Å². The summed E-state index contributed by atoms with van der Waals surface area (Å²) in [6, 6.07) is 4.97. The molecule has 0 amide bonds. The molecule has 0 aliphatic heterocycles. The van der Waals surface area contributed by atoms with Gasteiger partial charge < -0.3 is 14.6 Å². The van der Waals surface area contributed by atoms with E-state index in [0.717, 1.165) is 12.7 Å². The summed E-state index contributed by atoms with van der Waals surface area (Å²) in [6.45, 7) is 1.97. The first-order valence-corrected chi connectivity index (χ1v) is 9.91. The zero-order valence-corrected chi connectivity index (χ0v) is 16.0. The van der Waals surface area contributed by atoms with Gasteiger partial charge in [0.15, 0.2) is 14.7 Å². The lowest BCUT2D eigenvalue weighted by atomic mass is 10.2. The number of nitrogens with zero attached hydrogens (tertiary/aromatic N) is 2. The second kappa shape index (κ2) is 7.77. The maximum atomic E-state index is 12.2. The third-order valence-electron chi connectivity index (χ3n) is 3.85. The summed E-state index contributed by atoms with van der Waals surface area (Å²) in [5, 5.41) is 10.7. The number of sulfone groups is 1. The van der Waals surface area contributed by atoms with Gasteiger partial charge in [0.1, 0.15) is 23.0 Å². The van der Waals surface area contributed by atoms with Crippen molar-refractivity contribution in [3.63, 3.8) is 0 Å². The lowest BCUT2D eigenvalue weighted by molar-refractivity contribution is 0.374. The summed E-state index contributed by atoms with van der Waals surface area (Å²) in [5.41, 5.74) is -0.709. The molecule has 0 bridgehead atoms. The molecule has 0 aliphatic rings. The molecule has 0 radical (unpaired) electrons. The first-order valence-electron chi connectivity index (χ1n) is 8.02. The highest BCUT2D eigenvalue weighted by atomic mass is 32.2. The Morgan fingerprint density at radius 2 is 1.77 bits per heavy atom. The van der Waals surface area contributed by atoms with Crippen LogP contribution in [-0.4, -0.2) is 43.6 Å². The van der Waals surface area contributed by atoms with Gasteiger partial charge in [0.25, 0.3) is 5.56 Å². The second-order valence-electron chi connectivity index (χ2n) is 5.71. The molecule has 2 aromatic rings. The molecule has 1 heterocycles. The number of unbranched alkanes of at least 4 members (excludes halogenated alkanes) is 1. The molecule has 8 nitrogen and oxygen atoms in total. The number of aromatic nitrogens is 2. The SMILES string of the molecule is CCCCc1nc(=O)c(S(C)(=O)=O)c(O)n1-c1c(OC)cccc1OC. The molecule has 0 unspecified atom stereocenters. The summed E-state index contributed by atoms with van der Waals surface area (Å²) >= 11 is 0. The van der Waals surface area contributed by atoms with Crippen molar-refractivity contribution in [3.8, 4) is 23.1 Å². The average Bonchev–Trinajstić information content (AvgIpc) is 2.58. The van der Waals surface area contributed by atoms with E-state index in [1.165, 1.54) is 18.8 Å². The normalized spacial score (nSPS) is 11.4. The molecule has 0 saturated carbocycles. The minimum atomic E-state index is -4.00. The molecule has 142 valence electrons. The van der Waals surface area contributed by atoms with Crippen molar-refractivity contribution in [1.29, 1.82) is 0 Å². The van der Waals surface area contributed by atoms with Crippen molar-refractivity contribution >= 4 is 9.84 Å². The van der Waals surface area contributed by atoms with E-state index in [0.29, 0.717) is 24.3 Å². The van der Waals surface area contributed by atoms with E-state index < -0.39 is 26.2 Å². The molecular formula is C17H22N2O6S. The standard InChI is InChI=1S/C17H22N2O6S/c1-5-6-10-13-18-16(20)15(26(4,22)23)17(21)19(13)14-11(24-2)8-7-9-12(14)25-3/h7-9,21H,5-6,10H2,1-4H3. The smallest absolute Gasteiger partial charge is 0.295 e. The van der Waals surface area contributed by atoms with Gasteiger partial charge in [-0.2, -0.15) is 4.98 Å². The lowest BCUT2D eigenvalue weighted by Crippen LogP contribution is -2.24. The Hall–Kier alpha value is -2.55. The van der Waals surface area contributed by atoms with Crippen LogP contribution in [0.3, 0.4) is 0 Å². The van der Waals surface area contributed by atoms with Crippen molar-refractivity contribution in [1.82, 2.24) is 9.55 Å². The number of benzene rings is 1. The molecule has 26 heavy (non-hydrogen) atoms. The topological polar surface area (TPSA) is 108 Å². The number of hydrogen-bond donors (Lipinski definition) is 1. The van der Waals surface area contributed by atoms with Crippen LogP contribution in [0.25, 0.3) is 5.69 Å². The third-order valence-corrected chi connectivity index (χ3v) is 4.95. The van der Waals surface area contributed by atoms with E-state index in [2.05, 4.69) is 4.98 Å². The van der Waals surface area contributed by atoms with E-state index in [1.54, 1.807) is 18.2 Å². The molecule has 1 aromatic heterocycles. The van der Waals surface area contributed by atoms with Gasteiger partial charge in [-0.3, -0.25) is 9.36 Å². The molecule has 1 aromatic carbocycles. The number of methoxy groups -OCH3 is 2. The Kier molecular flexibility index (Phi) is 5.91. The molecule has 0 spiro atoms. The molecular weight excluding hydrogens is 360 g/mol. The predicted molar refractivity (Wildman–Crippen MR) is 96.3 cm³/mol. The Morgan fingerprint density at radius 3 is 2.23 bits per heavy atom. The van der Waals surface area contributed by atoms with Crippen LogP contribution in [0.15, 0.2) is 27.9 Å². The fourth-order valence-corrected chi connectivity index (χ4v) is 3.44. The molecule has 1 N–H and O–H groups in total. The summed E-state index contributed by atoms with van der Waals surface area (Å²) in [7, 11) is -1.12. The van der Waals surface area contributed by atoms with Crippen molar-refractivity contribution in [3.05, 3.63) is 34.4 Å². The van der Waals surface area contributed by atoms with Gasteiger partial charge >= 0.3 is 0 Å². The van der Waals surface area contributed by atoms with Crippen LogP contribution in [0.4, 0.5) is 0 Å². The number of ether oxygens (including phenoxy) is 2. The predicted octanol–water partition coefficient (Wildman–Crippen LogP) is 1.70. The first-order chi connectivity index (χ1) is 12.3. The van der Waals surface area contributed by atoms with Crippen LogP contribution in [-0.2, 0) is 16.3 Å². The van der Waals surface area contributed by atoms with Crippen LogP contribution < -0.4 is 15.0 Å². The highest BCUT2D eigenvalue weighted by molar-refractivity contribution is 7.90. The molecule has 9 heteroatoms. The number of hydrogen-bond acceptors (Lipinski definition) is 7. The summed E-state index contributed by atoms with van der Waals surface area (Å²) < 4.78 is 35.9. The van der Waals surface area contributed by atoms with Gasteiger partial charge in [-0.1, -0.05) is 19.4 Å². The van der Waals surface area contributed by atoms with Crippen molar-refractivity contribution in [2.24, 2.45) is 0 Å². The van der Waals surface area contributed by atoms with Gasteiger partial charge in [0.05, 0.1) is 14.2 Å². The summed E-state index contributed by atoms with van der Waals surface area (Å²) in [5.74, 6) is 0.190. The van der Waals surface area contributed by atoms with Crippen molar-refractivity contribution < 1.29 is 23.0 Å². The van der Waals surface area contributed by atoms with Crippen LogP contribution in [0, 0.1) is 0 Å². The number of aromatic hydroxyl groups is 1. The van der Waals surface area contributed by atoms with Crippen LogP contribution >= 0.6 is 0 Å². The van der Waals surface area contributed by atoms with Crippen LogP contribution in [0.2, 0.25) is 0 Å². The highest BCUT2D eigenvalue weighted by Gasteiger charge is 2.27. The fraction of sp³-hybridized carbons (Fsp3) is 0.412. The zero-order valence-electron chi connectivity index (χ0n) is 15.1. The Bertz CT molecular complexity index is 944. The highest BCUT2D eigenvalue weighted by Crippen LogP contribution is 2.37. The van der Waals surface area contributed by atoms with E-state index >= 15 is 0 Å². The molecule has 0 saturated heterocycles. The van der Waals surface area contributed by atoms with Crippen LogP contribution in [0.5, 0.6) is 17.4 Å². The number of rotatable bonds is 7. The van der Waals surface area contributed by atoms with Crippen molar-refractivity contribution in [2.45, 2.75) is 31.1 Å². The average molecular weight is 382 g/mol. The summed E-state index contributed by atoms with van der Waals surface area (Å²) in [6.07, 6.45) is 2.74. The minimum Gasteiger partial charge on any atom is -0.494 e. The van der Waals surface area contributed by atoms with Crippen molar-refractivity contribution in [2.75, 3.05) is 20.5 Å². The van der Waals surface area contributed by atoms with E-state index in [-0.39, 0.29) is 11.5 Å². The molecule has 0 fully saturated rings. The Balaban J connectivity index is 2.97. The minimum absolute atomic E-state index is 0.226. The molecule has 2 rings (SSSR count). The second-order valence-corrected chi connectivity index (χ2v) is 7.66. The first kappa shape index (κ1) is 19.8. The van der Waals surface area contributed by atoms with E-state index in [1.807, 2.05) is 6.92 Å². The Labute approximate surface area is 152 Å². The lowest BCUT2D eigenvalue weighted by Gasteiger charge is -2.20. The van der Waals surface area contributed by atoms with Gasteiger partial charge in [-0.05, 0) is 18.6 Å². The van der Waals surface area contributed by atoms with Gasteiger partial charge in [0, 0.05) is 12.7 Å². The third kappa shape index (κ3) is 3.67. The monoisotopic (exact) mass is 382 g/mol. The van der Waals surface area contributed by atoms with E-state index in [4.69, 9.17) is 9.47 Å². The van der Waals surface area contributed by atoms with Crippen LogP contribution in [0.1, 0.15) is 25.6 Å². The molecule has 0 atom stereocenters. The fourth-order valence-electron chi connectivity index (χ4n) is 2.65. The maximum absolute atomic E-state index is 12.2. The molecule has 0 aliphatic carbocycles. The maximum Gasteiger partial charge on any atom is 0.295 e. The number of para-hydroxylation sites is 1. The quantitative estimate of drug-likeness (QED) is 0.776. The Morgan fingerprint density at radius 1 is 1.19 bits per heavy atom. The largest absolute Gasteiger partial charge is 0.494 e. The zero-order chi connectivity index (χ0) is 19.5. The number of aryl methyl sites for hydroxylation is 1. The van der Waals surface area contributed by atoms with Gasteiger partial charge in [-0.15, -0.1) is 0 Å². The van der Waals surface area contributed by atoms with Gasteiger partial charge in [-0.25, -0.2) is 8.42 Å². The van der Waals surface area contributed by atoms with Gasteiger partial charge in [0.2, 0.25) is 5.88 Å². The summed E-state index contributed by atoms with van der Waals surface area (Å²) in [4.78, 5) is 15.4.